The molecule has 4 aliphatic rings. The van der Waals surface area contributed by atoms with Gasteiger partial charge in [0.15, 0.2) is 0 Å². The van der Waals surface area contributed by atoms with Gasteiger partial charge in [0.2, 0.25) is 0 Å². The molecule has 0 aliphatic heterocycles. The first kappa shape index (κ1) is 14.8. The molecule has 122 valence electrons. The van der Waals surface area contributed by atoms with Crippen molar-refractivity contribution in [1.82, 2.24) is 0 Å². The number of carbonyl (C=O) groups excluding carboxylic acids is 1. The Balaban J connectivity index is 1.78. The van der Waals surface area contributed by atoms with Gasteiger partial charge in [-0.1, -0.05) is 12.1 Å². The van der Waals surface area contributed by atoms with Gasteiger partial charge in [-0.2, -0.15) is 0 Å². The van der Waals surface area contributed by atoms with Crippen molar-refractivity contribution in [2.24, 2.45) is 17.8 Å². The molecule has 3 heteroatoms. The van der Waals surface area contributed by atoms with Gasteiger partial charge in [0.1, 0.15) is 5.75 Å². The number of allylic oxidation sites excluding steroid dienone is 1. The highest BCUT2D eigenvalue weighted by Gasteiger charge is 2.55. The van der Waals surface area contributed by atoms with Crippen LogP contribution in [0.1, 0.15) is 44.6 Å². The summed E-state index contributed by atoms with van der Waals surface area (Å²) in [6.45, 7) is 1.45. The summed E-state index contributed by atoms with van der Waals surface area (Å²) in [7, 11) is 1.75. The zero-order valence-electron chi connectivity index (χ0n) is 13.9. The zero-order valence-corrected chi connectivity index (χ0v) is 13.9. The number of ether oxygens (including phenoxy) is 2. The smallest absolute Gasteiger partial charge is 0.308 e. The van der Waals surface area contributed by atoms with Crippen molar-refractivity contribution < 1.29 is 14.3 Å². The lowest BCUT2D eigenvalue weighted by Crippen LogP contribution is -2.50. The Hall–Kier alpha value is -1.77. The van der Waals surface area contributed by atoms with E-state index in [2.05, 4.69) is 12.1 Å². The van der Waals surface area contributed by atoms with Crippen LogP contribution in [0.3, 0.4) is 0 Å². The molecular formula is C20H24O3. The van der Waals surface area contributed by atoms with E-state index in [9.17, 15) is 4.79 Å². The number of rotatable bonds is 3. The summed E-state index contributed by atoms with van der Waals surface area (Å²) in [5.41, 5.74) is 2.84. The monoisotopic (exact) mass is 312 g/mol. The summed E-state index contributed by atoms with van der Waals surface area (Å²) in [6.07, 6.45) is 8.44. The number of esters is 1. The van der Waals surface area contributed by atoms with Crippen LogP contribution < -0.4 is 4.74 Å². The van der Waals surface area contributed by atoms with Crippen molar-refractivity contribution in [3.8, 4) is 5.75 Å². The van der Waals surface area contributed by atoms with E-state index < -0.39 is 0 Å². The average molecular weight is 312 g/mol. The summed E-state index contributed by atoms with van der Waals surface area (Å²) >= 11 is 0. The van der Waals surface area contributed by atoms with Crippen molar-refractivity contribution in [3.05, 3.63) is 41.7 Å². The molecule has 4 bridgehead atoms. The van der Waals surface area contributed by atoms with E-state index in [0.29, 0.717) is 11.7 Å². The quantitative estimate of drug-likeness (QED) is 0.476. The first-order valence-corrected chi connectivity index (χ1v) is 8.63. The molecule has 0 N–H and O–H groups in total. The predicted molar refractivity (Wildman–Crippen MR) is 88.1 cm³/mol. The summed E-state index contributed by atoms with van der Waals surface area (Å²) in [6, 6.07) is 8.14. The molecule has 1 aromatic carbocycles. The van der Waals surface area contributed by atoms with Crippen molar-refractivity contribution in [2.75, 3.05) is 7.11 Å². The van der Waals surface area contributed by atoms with Crippen LogP contribution in [0.2, 0.25) is 0 Å². The van der Waals surface area contributed by atoms with Crippen LogP contribution in [0.4, 0.5) is 0 Å². The second-order valence-electron chi connectivity index (χ2n) is 7.56. The van der Waals surface area contributed by atoms with E-state index in [4.69, 9.17) is 9.47 Å². The summed E-state index contributed by atoms with van der Waals surface area (Å²) in [4.78, 5) is 11.3. The average Bonchev–Trinajstić information content (AvgIpc) is 2.50. The molecule has 0 saturated heterocycles. The first-order valence-electron chi connectivity index (χ1n) is 8.63. The predicted octanol–water partition coefficient (Wildman–Crippen LogP) is 4.22. The lowest BCUT2D eigenvalue weighted by Gasteiger charge is -2.58. The molecule has 0 heterocycles. The van der Waals surface area contributed by atoms with E-state index in [-0.39, 0.29) is 11.4 Å². The lowest BCUT2D eigenvalue weighted by atomic mass is 9.46. The Morgan fingerprint density at radius 1 is 1.22 bits per heavy atom. The van der Waals surface area contributed by atoms with Crippen LogP contribution in [0.25, 0.3) is 0 Å². The topological polar surface area (TPSA) is 35.5 Å². The summed E-state index contributed by atoms with van der Waals surface area (Å²) < 4.78 is 10.8. The number of hydrogen-bond acceptors (Lipinski definition) is 3. The van der Waals surface area contributed by atoms with Crippen molar-refractivity contribution in [3.63, 3.8) is 0 Å². The second kappa shape index (κ2) is 5.40. The van der Waals surface area contributed by atoms with Gasteiger partial charge in [0.25, 0.3) is 0 Å². The largest absolute Gasteiger partial charge is 0.504 e. The van der Waals surface area contributed by atoms with Gasteiger partial charge in [-0.3, -0.25) is 4.79 Å². The van der Waals surface area contributed by atoms with Crippen LogP contribution in [0.15, 0.2) is 36.1 Å². The van der Waals surface area contributed by atoms with Gasteiger partial charge in [-0.25, -0.2) is 0 Å². The fourth-order valence-electron chi connectivity index (χ4n) is 5.61. The molecule has 23 heavy (non-hydrogen) atoms. The number of hydrogen-bond donors (Lipinski definition) is 0. The van der Waals surface area contributed by atoms with E-state index in [1.807, 2.05) is 18.4 Å². The molecule has 4 aliphatic carbocycles. The number of methoxy groups -OCH3 is 1. The van der Waals surface area contributed by atoms with Gasteiger partial charge >= 0.3 is 5.97 Å². The van der Waals surface area contributed by atoms with Crippen LogP contribution in [-0.2, 0) is 14.9 Å². The first-order chi connectivity index (χ1) is 11.1. The molecule has 0 spiro atoms. The van der Waals surface area contributed by atoms with Gasteiger partial charge in [0.05, 0.1) is 13.4 Å². The summed E-state index contributed by atoms with van der Waals surface area (Å²) in [5, 5.41) is 0. The number of benzene rings is 1. The molecule has 4 saturated carbocycles. The Kier molecular flexibility index (Phi) is 3.47. The lowest BCUT2D eigenvalue weighted by molar-refractivity contribution is -0.131. The molecule has 0 amide bonds. The van der Waals surface area contributed by atoms with E-state index in [1.54, 1.807) is 7.11 Å². The summed E-state index contributed by atoms with van der Waals surface area (Å²) in [5.74, 6) is 2.72. The minimum atomic E-state index is -0.264. The fraction of sp³-hybridized carbons (Fsp3) is 0.550. The highest BCUT2D eigenvalue weighted by molar-refractivity contribution is 5.69. The fourth-order valence-corrected chi connectivity index (χ4v) is 5.61. The molecule has 2 unspecified atom stereocenters. The minimum Gasteiger partial charge on any atom is -0.504 e. The maximum absolute atomic E-state index is 11.3. The molecule has 3 nitrogen and oxygen atoms in total. The van der Waals surface area contributed by atoms with E-state index in [1.165, 1.54) is 50.2 Å². The molecule has 5 rings (SSSR count). The van der Waals surface area contributed by atoms with Crippen LogP contribution >= 0.6 is 0 Å². The third-order valence-electron chi connectivity index (χ3n) is 6.06. The van der Waals surface area contributed by atoms with Crippen molar-refractivity contribution in [2.45, 2.75) is 44.4 Å². The molecular weight excluding hydrogens is 288 g/mol. The van der Waals surface area contributed by atoms with Gasteiger partial charge < -0.3 is 9.47 Å². The molecule has 1 aromatic rings. The molecule has 2 atom stereocenters. The van der Waals surface area contributed by atoms with E-state index in [0.717, 1.165) is 11.8 Å². The Bertz CT molecular complexity index is 647. The molecule has 0 radical (unpaired) electrons. The van der Waals surface area contributed by atoms with Crippen LogP contribution in [0, 0.1) is 17.8 Å². The second-order valence-corrected chi connectivity index (χ2v) is 7.56. The Morgan fingerprint density at radius 3 is 2.61 bits per heavy atom. The SMILES string of the molecule is COC=C1C2CC3CC(C2)CC1(c1cccc(OC(C)=O)c1)C3. The van der Waals surface area contributed by atoms with Gasteiger partial charge in [-0.05, 0) is 73.1 Å². The Labute approximate surface area is 137 Å². The molecule has 0 aromatic heterocycles. The third kappa shape index (κ3) is 2.37. The minimum absolute atomic E-state index is 0.0842. The molecule has 4 fully saturated rings. The highest BCUT2D eigenvalue weighted by Crippen LogP contribution is 2.63. The maximum atomic E-state index is 11.3. The van der Waals surface area contributed by atoms with Crippen molar-refractivity contribution in [1.29, 1.82) is 0 Å². The zero-order chi connectivity index (χ0) is 16.0. The van der Waals surface area contributed by atoms with Gasteiger partial charge in [0, 0.05) is 12.3 Å². The third-order valence-corrected chi connectivity index (χ3v) is 6.06. The maximum Gasteiger partial charge on any atom is 0.308 e. The van der Waals surface area contributed by atoms with Crippen molar-refractivity contribution >= 4 is 5.97 Å². The van der Waals surface area contributed by atoms with Gasteiger partial charge in [-0.15, -0.1) is 0 Å². The van der Waals surface area contributed by atoms with E-state index >= 15 is 0 Å². The van der Waals surface area contributed by atoms with Crippen LogP contribution in [0.5, 0.6) is 5.75 Å². The normalized spacial score (nSPS) is 36.3. The highest BCUT2D eigenvalue weighted by atomic mass is 16.5. The standard InChI is InChI=1S/C20H24O3/c1-13(21)23-18-5-3-4-17(9-18)20-10-14-6-15(11-20)8-16(7-14)19(20)12-22-2/h3-5,9,12,14-16H,6-8,10-11H2,1-2H3. The van der Waals surface area contributed by atoms with Crippen LogP contribution in [-0.4, -0.2) is 13.1 Å². The number of carbonyl (C=O) groups is 1. The Morgan fingerprint density at radius 2 is 1.96 bits per heavy atom.